The molecule has 0 bridgehead atoms. The van der Waals surface area contributed by atoms with Crippen LogP contribution in [0.3, 0.4) is 0 Å². The van der Waals surface area contributed by atoms with Gasteiger partial charge in [-0.2, -0.15) is 0 Å². The third-order valence-corrected chi connectivity index (χ3v) is 3.66. The Labute approximate surface area is 165 Å². The van der Waals surface area contributed by atoms with Crippen molar-refractivity contribution in [3.05, 3.63) is 84.5 Å². The number of allylic oxidation sites excluding steroid dienone is 4. The van der Waals surface area contributed by atoms with Gasteiger partial charge in [-0.25, -0.2) is 0 Å². The number of ketones is 1. The number of rotatable bonds is 7. The van der Waals surface area contributed by atoms with E-state index in [1.165, 1.54) is 0 Å². The quantitative estimate of drug-likeness (QED) is 0.235. The summed E-state index contributed by atoms with van der Waals surface area (Å²) in [6.45, 7) is 6.85. The van der Waals surface area contributed by atoms with Gasteiger partial charge in [0.25, 0.3) is 0 Å². The summed E-state index contributed by atoms with van der Waals surface area (Å²) in [6, 6.07) is 14.0. The van der Waals surface area contributed by atoms with Gasteiger partial charge in [-0.3, -0.25) is 9.69 Å². The number of fused-ring (bicyclic) bond motifs is 1. The van der Waals surface area contributed by atoms with Crippen molar-refractivity contribution in [1.29, 1.82) is 0 Å². The summed E-state index contributed by atoms with van der Waals surface area (Å²) in [4.78, 5) is 16.4. The molecule has 2 nitrogen and oxygen atoms in total. The Morgan fingerprint density at radius 3 is 2.52 bits per heavy atom. The highest BCUT2D eigenvalue weighted by atomic mass is 127. The predicted molar refractivity (Wildman–Crippen MR) is 119 cm³/mol. The minimum Gasteiger partial charge on any atom is -0.295 e. The number of nitrogens with zero attached hydrogens (tertiary/aromatic N) is 1. The molecule has 2 rings (SSSR count). The first kappa shape index (κ1) is 21.3. The molecule has 0 heterocycles. The second kappa shape index (κ2) is 11.8. The van der Waals surface area contributed by atoms with Crippen LogP contribution in [0.1, 0.15) is 17.3 Å². The lowest BCUT2D eigenvalue weighted by atomic mass is 10.0. The molecule has 0 aliphatic heterocycles. The van der Waals surface area contributed by atoms with Crippen LogP contribution < -0.4 is 0 Å². The third kappa shape index (κ3) is 7.36. The van der Waals surface area contributed by atoms with Crippen LogP contribution in [-0.2, 0) is 0 Å². The number of carbonyl (C=O) groups is 1. The first-order chi connectivity index (χ1) is 12.1. The molecule has 0 amide bonds. The molecule has 0 saturated carbocycles. The van der Waals surface area contributed by atoms with Gasteiger partial charge in [0.05, 0.1) is 6.54 Å². The SMILES string of the molecule is C=C/C=C(C)\C=C\CN(C)CC(=O)c1ccc2ccccc2c1.CI. The summed E-state index contributed by atoms with van der Waals surface area (Å²) in [5.74, 6) is 0.144. The van der Waals surface area contributed by atoms with Gasteiger partial charge in [0, 0.05) is 12.1 Å². The fourth-order valence-corrected chi connectivity index (χ4v) is 2.42. The largest absolute Gasteiger partial charge is 0.295 e. The van der Waals surface area contributed by atoms with Gasteiger partial charge in [-0.05, 0) is 35.7 Å². The first-order valence-corrected chi connectivity index (χ1v) is 10.3. The fraction of sp³-hybridized carbons (Fsp3) is 0.227. The Bertz CT molecular complexity index is 761. The maximum Gasteiger partial charge on any atom is 0.176 e. The minimum atomic E-state index is 0.144. The summed E-state index contributed by atoms with van der Waals surface area (Å²) in [5, 5.41) is 2.26. The van der Waals surface area contributed by atoms with E-state index < -0.39 is 0 Å². The van der Waals surface area contributed by atoms with Crippen molar-refractivity contribution in [2.24, 2.45) is 0 Å². The monoisotopic (exact) mass is 447 g/mol. The number of halogens is 1. The van der Waals surface area contributed by atoms with Crippen molar-refractivity contribution in [1.82, 2.24) is 4.90 Å². The molecular formula is C22H26INO. The van der Waals surface area contributed by atoms with Crippen molar-refractivity contribution in [3.63, 3.8) is 0 Å². The number of hydrogen-bond acceptors (Lipinski definition) is 2. The number of Topliss-reactive ketones (excluding diaryl/α,β-unsaturated/α-hetero) is 1. The van der Waals surface area contributed by atoms with E-state index in [0.29, 0.717) is 6.54 Å². The van der Waals surface area contributed by atoms with E-state index >= 15 is 0 Å². The first-order valence-electron chi connectivity index (χ1n) is 8.14. The van der Waals surface area contributed by atoms with Crippen molar-refractivity contribution in [3.8, 4) is 0 Å². The normalized spacial score (nSPS) is 11.5. The summed E-state index contributed by atoms with van der Waals surface area (Å²) in [5.41, 5.74) is 1.91. The molecule has 0 aliphatic rings. The molecule has 0 aromatic heterocycles. The fourth-order valence-electron chi connectivity index (χ4n) is 2.42. The minimum absolute atomic E-state index is 0.144. The van der Waals surface area contributed by atoms with Gasteiger partial charge < -0.3 is 0 Å². The Morgan fingerprint density at radius 1 is 1.16 bits per heavy atom. The molecule has 25 heavy (non-hydrogen) atoms. The van der Waals surface area contributed by atoms with Crippen LogP contribution in [0.2, 0.25) is 0 Å². The smallest absolute Gasteiger partial charge is 0.176 e. The van der Waals surface area contributed by atoms with E-state index in [2.05, 4.69) is 41.3 Å². The van der Waals surface area contributed by atoms with Gasteiger partial charge in [0.15, 0.2) is 5.78 Å². The summed E-state index contributed by atoms with van der Waals surface area (Å²) in [7, 11) is 1.95. The number of hydrogen-bond donors (Lipinski definition) is 0. The van der Waals surface area contributed by atoms with Crippen LogP contribution >= 0.6 is 22.6 Å². The summed E-state index contributed by atoms with van der Waals surface area (Å²) < 4.78 is 0. The van der Waals surface area contributed by atoms with Gasteiger partial charge in [0.1, 0.15) is 0 Å². The standard InChI is InChI=1S/C21H23NO.CH3I/c1-4-8-17(2)9-7-14-22(3)16-21(23)20-13-12-18-10-5-6-11-19(18)15-20;1-2/h4-13,15H,1,14,16H2,2-3H3;1H3/b9-7+,17-8-;. The zero-order valence-corrected chi connectivity index (χ0v) is 17.4. The zero-order chi connectivity index (χ0) is 18.7. The van der Waals surface area contributed by atoms with Crippen LogP contribution in [0.25, 0.3) is 10.8 Å². The highest BCUT2D eigenvalue weighted by molar-refractivity contribution is 14.1. The van der Waals surface area contributed by atoms with Crippen molar-refractivity contribution >= 4 is 39.1 Å². The lowest BCUT2D eigenvalue weighted by Gasteiger charge is -2.13. The van der Waals surface area contributed by atoms with Crippen LogP contribution in [0.5, 0.6) is 0 Å². The van der Waals surface area contributed by atoms with Gasteiger partial charge in [0.2, 0.25) is 0 Å². The average molecular weight is 447 g/mol. The van der Waals surface area contributed by atoms with Crippen molar-refractivity contribution < 1.29 is 4.79 Å². The van der Waals surface area contributed by atoms with Gasteiger partial charge in [-0.15, -0.1) is 0 Å². The molecule has 0 spiro atoms. The number of likely N-dealkylation sites (N-methyl/N-ethyl adjacent to an activating group) is 1. The molecule has 0 unspecified atom stereocenters. The Morgan fingerprint density at radius 2 is 1.84 bits per heavy atom. The summed E-state index contributed by atoms with van der Waals surface area (Å²) in [6.07, 6.45) is 7.82. The lowest BCUT2D eigenvalue weighted by molar-refractivity contribution is 0.0952. The molecule has 0 aliphatic carbocycles. The highest BCUT2D eigenvalue weighted by Crippen LogP contribution is 2.16. The van der Waals surface area contributed by atoms with E-state index in [1.54, 1.807) is 6.08 Å². The molecule has 132 valence electrons. The second-order valence-electron chi connectivity index (χ2n) is 5.73. The third-order valence-electron chi connectivity index (χ3n) is 3.66. The Balaban J connectivity index is 0.00000151. The molecule has 0 fully saturated rings. The van der Waals surface area contributed by atoms with E-state index in [0.717, 1.165) is 28.5 Å². The average Bonchev–Trinajstić information content (AvgIpc) is 2.63. The van der Waals surface area contributed by atoms with Crippen molar-refractivity contribution in [2.45, 2.75) is 6.92 Å². The second-order valence-corrected chi connectivity index (χ2v) is 5.73. The molecule has 0 N–H and O–H groups in total. The topological polar surface area (TPSA) is 20.3 Å². The Kier molecular flexibility index (Phi) is 10.0. The van der Waals surface area contributed by atoms with Crippen LogP contribution in [0, 0.1) is 0 Å². The van der Waals surface area contributed by atoms with E-state index in [-0.39, 0.29) is 5.78 Å². The molecule has 0 radical (unpaired) electrons. The zero-order valence-electron chi connectivity index (χ0n) is 15.2. The Hall–Kier alpha value is -1.72. The van der Waals surface area contributed by atoms with Crippen molar-refractivity contribution in [2.75, 3.05) is 25.1 Å². The number of benzene rings is 2. The molecule has 2 aromatic carbocycles. The number of carbonyl (C=O) groups excluding carboxylic acids is 1. The molecule has 0 saturated heterocycles. The molecule has 3 heteroatoms. The highest BCUT2D eigenvalue weighted by Gasteiger charge is 2.09. The summed E-state index contributed by atoms with van der Waals surface area (Å²) >= 11 is 2.15. The lowest BCUT2D eigenvalue weighted by Crippen LogP contribution is -2.26. The molecule has 2 aromatic rings. The predicted octanol–water partition coefficient (Wildman–Crippen LogP) is 5.69. The maximum atomic E-state index is 12.4. The maximum absolute atomic E-state index is 12.4. The van der Waals surface area contributed by atoms with E-state index in [4.69, 9.17) is 0 Å². The number of alkyl halides is 1. The van der Waals surface area contributed by atoms with Crippen LogP contribution in [0.4, 0.5) is 0 Å². The van der Waals surface area contributed by atoms with Crippen LogP contribution in [0.15, 0.2) is 78.9 Å². The van der Waals surface area contributed by atoms with Crippen LogP contribution in [-0.4, -0.2) is 35.8 Å². The molecule has 0 atom stereocenters. The van der Waals surface area contributed by atoms with E-state index in [1.807, 2.05) is 72.4 Å². The van der Waals surface area contributed by atoms with Gasteiger partial charge >= 0.3 is 0 Å². The van der Waals surface area contributed by atoms with Gasteiger partial charge in [-0.1, -0.05) is 95.4 Å². The van der Waals surface area contributed by atoms with E-state index in [9.17, 15) is 4.79 Å². The molecular weight excluding hydrogens is 421 g/mol.